The number of aromatic hydroxyl groups is 2. The first-order valence-corrected chi connectivity index (χ1v) is 7.02. The Kier molecular flexibility index (Phi) is 4.65. The lowest BCUT2D eigenvalue weighted by Gasteiger charge is -2.14. The number of benzene rings is 1. The van der Waals surface area contributed by atoms with Crippen LogP contribution in [0.4, 0.5) is 0 Å². The van der Waals surface area contributed by atoms with Gasteiger partial charge in [0.25, 0.3) is 0 Å². The van der Waals surface area contributed by atoms with Crippen molar-refractivity contribution in [2.24, 2.45) is 11.7 Å². The molecule has 1 fully saturated rings. The second kappa shape index (κ2) is 6.46. The summed E-state index contributed by atoms with van der Waals surface area (Å²) in [4.78, 5) is 36.0. The molecule has 1 unspecified atom stereocenters. The molecule has 1 saturated heterocycles. The number of primary amides is 1. The van der Waals surface area contributed by atoms with Gasteiger partial charge in [0.1, 0.15) is 11.5 Å². The van der Waals surface area contributed by atoms with E-state index in [4.69, 9.17) is 5.73 Å². The molecule has 1 aromatic rings. The van der Waals surface area contributed by atoms with E-state index in [2.05, 4.69) is 0 Å². The molecule has 1 atom stereocenters. The maximum atomic E-state index is 12.2. The maximum Gasteiger partial charge on any atom is 0.233 e. The van der Waals surface area contributed by atoms with Crippen LogP contribution in [0.25, 0.3) is 0 Å². The third kappa shape index (κ3) is 3.55. The minimum atomic E-state index is -0.531. The van der Waals surface area contributed by atoms with Gasteiger partial charge in [-0.25, -0.2) is 0 Å². The number of carbonyl (C=O) groups excluding carboxylic acids is 3. The molecular formula is C15H18N2O5. The average Bonchev–Trinajstić information content (AvgIpc) is 2.69. The smallest absolute Gasteiger partial charge is 0.233 e. The molecule has 1 aliphatic rings. The van der Waals surface area contributed by atoms with E-state index in [0.29, 0.717) is 12.0 Å². The molecule has 0 bridgehead atoms. The Labute approximate surface area is 127 Å². The number of imide groups is 1. The van der Waals surface area contributed by atoms with E-state index in [1.54, 1.807) is 0 Å². The Bertz CT molecular complexity index is 614. The molecule has 0 radical (unpaired) electrons. The van der Waals surface area contributed by atoms with Crippen molar-refractivity contribution in [1.82, 2.24) is 4.90 Å². The van der Waals surface area contributed by atoms with Crippen LogP contribution >= 0.6 is 0 Å². The summed E-state index contributed by atoms with van der Waals surface area (Å²) in [5.41, 5.74) is 5.53. The monoisotopic (exact) mass is 306 g/mol. The third-order valence-electron chi connectivity index (χ3n) is 3.68. The number of hydrogen-bond acceptors (Lipinski definition) is 5. The minimum Gasteiger partial charge on any atom is -0.508 e. The van der Waals surface area contributed by atoms with Gasteiger partial charge in [0.2, 0.25) is 17.7 Å². The van der Waals surface area contributed by atoms with Crippen molar-refractivity contribution < 1.29 is 24.6 Å². The maximum absolute atomic E-state index is 12.2. The highest BCUT2D eigenvalue weighted by Crippen LogP contribution is 2.29. The number of amides is 3. The molecule has 118 valence electrons. The van der Waals surface area contributed by atoms with Gasteiger partial charge in [0, 0.05) is 25.5 Å². The lowest BCUT2D eigenvalue weighted by molar-refractivity contribution is -0.139. The van der Waals surface area contributed by atoms with Crippen molar-refractivity contribution in [2.45, 2.75) is 25.7 Å². The van der Waals surface area contributed by atoms with Gasteiger partial charge in [-0.1, -0.05) is 6.07 Å². The summed E-state index contributed by atoms with van der Waals surface area (Å²) in [6.45, 7) is 0.179. The largest absolute Gasteiger partial charge is 0.508 e. The fourth-order valence-electron chi connectivity index (χ4n) is 2.55. The van der Waals surface area contributed by atoms with Gasteiger partial charge in [-0.3, -0.25) is 19.3 Å². The van der Waals surface area contributed by atoms with Crippen LogP contribution in [0, 0.1) is 5.92 Å². The molecule has 1 aliphatic heterocycles. The van der Waals surface area contributed by atoms with E-state index in [-0.39, 0.29) is 49.1 Å². The molecule has 1 aromatic carbocycles. The van der Waals surface area contributed by atoms with E-state index in [1.807, 2.05) is 0 Å². The fourth-order valence-corrected chi connectivity index (χ4v) is 2.55. The summed E-state index contributed by atoms with van der Waals surface area (Å²) in [6, 6.07) is 4.14. The van der Waals surface area contributed by atoms with Gasteiger partial charge in [0.15, 0.2) is 0 Å². The first-order valence-electron chi connectivity index (χ1n) is 7.02. The van der Waals surface area contributed by atoms with Gasteiger partial charge >= 0.3 is 0 Å². The number of likely N-dealkylation sites (tertiary alicyclic amines) is 1. The number of nitrogens with zero attached hydrogens (tertiary/aromatic N) is 1. The lowest BCUT2D eigenvalue weighted by atomic mass is 9.97. The number of carbonyl (C=O) groups is 3. The molecule has 7 heteroatoms. The highest BCUT2D eigenvalue weighted by molar-refractivity contribution is 6.03. The summed E-state index contributed by atoms with van der Waals surface area (Å²) >= 11 is 0. The predicted molar refractivity (Wildman–Crippen MR) is 76.7 cm³/mol. The summed E-state index contributed by atoms with van der Waals surface area (Å²) in [5, 5.41) is 19.0. The number of phenolic OH excluding ortho intramolecular Hbond substituents is 2. The van der Waals surface area contributed by atoms with Crippen molar-refractivity contribution in [3.8, 4) is 11.5 Å². The Morgan fingerprint density at radius 1 is 1.32 bits per heavy atom. The highest BCUT2D eigenvalue weighted by atomic mass is 16.3. The van der Waals surface area contributed by atoms with Crippen molar-refractivity contribution in [2.75, 3.05) is 6.54 Å². The van der Waals surface area contributed by atoms with Crippen molar-refractivity contribution in [1.29, 1.82) is 0 Å². The Balaban J connectivity index is 2.00. The zero-order chi connectivity index (χ0) is 16.3. The number of hydrogen-bond donors (Lipinski definition) is 3. The van der Waals surface area contributed by atoms with Gasteiger partial charge in [-0.15, -0.1) is 0 Å². The first-order chi connectivity index (χ1) is 10.4. The number of rotatable bonds is 6. The summed E-state index contributed by atoms with van der Waals surface area (Å²) < 4.78 is 0. The van der Waals surface area contributed by atoms with Crippen LogP contribution in [0.5, 0.6) is 11.5 Å². The lowest BCUT2D eigenvalue weighted by Crippen LogP contribution is -2.32. The fraction of sp³-hybridized carbons (Fsp3) is 0.400. The van der Waals surface area contributed by atoms with E-state index in [9.17, 15) is 24.6 Å². The Hall–Kier alpha value is -2.57. The van der Waals surface area contributed by atoms with Crippen molar-refractivity contribution in [3.05, 3.63) is 23.8 Å². The van der Waals surface area contributed by atoms with Crippen LogP contribution < -0.4 is 5.73 Å². The standard InChI is InChI=1S/C15H18N2O5/c16-13(20)2-1-5-17-14(21)7-10(15(17)22)6-9-3-4-11(18)8-12(9)19/h3-4,8,10,18-19H,1-2,5-7H2,(H2,16,20). The van der Waals surface area contributed by atoms with Crippen LogP contribution in [0.2, 0.25) is 0 Å². The molecule has 0 aliphatic carbocycles. The average molecular weight is 306 g/mol. The van der Waals surface area contributed by atoms with Crippen LogP contribution in [-0.4, -0.2) is 39.4 Å². The van der Waals surface area contributed by atoms with Crippen molar-refractivity contribution in [3.63, 3.8) is 0 Å². The molecule has 0 spiro atoms. The van der Waals surface area contributed by atoms with Crippen LogP contribution in [0.1, 0.15) is 24.8 Å². The van der Waals surface area contributed by atoms with E-state index in [0.717, 1.165) is 4.90 Å². The van der Waals surface area contributed by atoms with Crippen LogP contribution in [-0.2, 0) is 20.8 Å². The van der Waals surface area contributed by atoms with Crippen LogP contribution in [0.15, 0.2) is 18.2 Å². The second-order valence-electron chi connectivity index (χ2n) is 5.37. The molecule has 0 saturated carbocycles. The Morgan fingerprint density at radius 3 is 2.68 bits per heavy atom. The molecule has 1 heterocycles. The normalized spacial score (nSPS) is 18.0. The van der Waals surface area contributed by atoms with Crippen LogP contribution in [0.3, 0.4) is 0 Å². The summed E-state index contributed by atoms with van der Waals surface area (Å²) in [7, 11) is 0. The molecule has 7 nitrogen and oxygen atoms in total. The third-order valence-corrected chi connectivity index (χ3v) is 3.68. The van der Waals surface area contributed by atoms with Gasteiger partial charge < -0.3 is 15.9 Å². The van der Waals surface area contributed by atoms with E-state index < -0.39 is 11.8 Å². The van der Waals surface area contributed by atoms with E-state index in [1.165, 1.54) is 18.2 Å². The zero-order valence-electron chi connectivity index (χ0n) is 12.0. The molecule has 4 N–H and O–H groups in total. The minimum absolute atomic E-state index is 0.0665. The van der Waals surface area contributed by atoms with Gasteiger partial charge in [-0.05, 0) is 24.5 Å². The first kappa shape index (κ1) is 15.8. The predicted octanol–water partition coefficient (Wildman–Crippen LogP) is 0.281. The second-order valence-corrected chi connectivity index (χ2v) is 5.37. The number of nitrogens with two attached hydrogens (primary N) is 1. The molecule has 2 rings (SSSR count). The molecule has 3 amide bonds. The Morgan fingerprint density at radius 2 is 2.05 bits per heavy atom. The van der Waals surface area contributed by atoms with E-state index >= 15 is 0 Å². The highest BCUT2D eigenvalue weighted by Gasteiger charge is 2.38. The quantitative estimate of drug-likeness (QED) is 0.652. The zero-order valence-corrected chi connectivity index (χ0v) is 12.0. The number of phenols is 2. The SMILES string of the molecule is NC(=O)CCCN1C(=O)CC(Cc2ccc(O)cc2O)C1=O. The van der Waals surface area contributed by atoms with Crippen molar-refractivity contribution >= 4 is 17.7 Å². The molecular weight excluding hydrogens is 288 g/mol. The topological polar surface area (TPSA) is 121 Å². The molecule has 22 heavy (non-hydrogen) atoms. The van der Waals surface area contributed by atoms with Gasteiger partial charge in [0.05, 0.1) is 5.92 Å². The van der Waals surface area contributed by atoms with Gasteiger partial charge in [-0.2, -0.15) is 0 Å². The molecule has 0 aromatic heterocycles. The summed E-state index contributed by atoms with van der Waals surface area (Å²) in [5.74, 6) is -1.75. The summed E-state index contributed by atoms with van der Waals surface area (Å²) in [6.07, 6.45) is 0.781.